The zero-order valence-electron chi connectivity index (χ0n) is 16.3. The molecule has 2 heterocycles. The van der Waals surface area contributed by atoms with Crippen molar-refractivity contribution < 1.29 is 14.3 Å². The van der Waals surface area contributed by atoms with E-state index >= 15 is 0 Å². The lowest BCUT2D eigenvalue weighted by molar-refractivity contribution is -0.126. The number of benzene rings is 2. The van der Waals surface area contributed by atoms with Gasteiger partial charge in [0.2, 0.25) is 12.7 Å². The van der Waals surface area contributed by atoms with E-state index in [1.807, 2.05) is 43.3 Å². The van der Waals surface area contributed by atoms with Crippen LogP contribution in [0.2, 0.25) is 0 Å². The summed E-state index contributed by atoms with van der Waals surface area (Å²) in [6, 6.07) is 16.0. The molecule has 1 saturated heterocycles. The lowest BCUT2D eigenvalue weighted by Gasteiger charge is -2.37. The second kappa shape index (κ2) is 8.63. The van der Waals surface area contributed by atoms with Gasteiger partial charge in [-0.1, -0.05) is 36.4 Å². The molecule has 4 rings (SSSR count). The molecular weight excluding hydrogens is 354 g/mol. The number of piperazine rings is 1. The molecule has 0 aliphatic carbocycles. The van der Waals surface area contributed by atoms with Gasteiger partial charge in [0.1, 0.15) is 0 Å². The molecule has 1 N–H and O–H groups in total. The van der Waals surface area contributed by atoms with E-state index in [-0.39, 0.29) is 11.9 Å². The highest BCUT2D eigenvalue weighted by Gasteiger charge is 2.25. The number of ether oxygens (including phenoxy) is 2. The van der Waals surface area contributed by atoms with Crippen LogP contribution in [0.25, 0.3) is 0 Å². The zero-order valence-corrected chi connectivity index (χ0v) is 16.3. The van der Waals surface area contributed by atoms with E-state index in [2.05, 4.69) is 27.2 Å². The molecule has 2 aromatic rings. The molecule has 2 aliphatic rings. The van der Waals surface area contributed by atoms with Gasteiger partial charge in [-0.2, -0.15) is 0 Å². The maximum Gasteiger partial charge on any atom is 0.237 e. The number of carbonyl (C=O) groups excluding carboxylic acids is 1. The maximum atomic E-state index is 12.5. The highest BCUT2D eigenvalue weighted by atomic mass is 16.7. The molecule has 148 valence electrons. The van der Waals surface area contributed by atoms with Crippen molar-refractivity contribution in [1.82, 2.24) is 15.1 Å². The van der Waals surface area contributed by atoms with Crippen LogP contribution in [0, 0.1) is 0 Å². The molecule has 0 radical (unpaired) electrons. The predicted octanol–water partition coefficient (Wildman–Crippen LogP) is 2.24. The molecule has 0 spiro atoms. The SMILES string of the molecule is CC(C(=O)NCc1ccccc1)N1CCN(Cc2ccc3c(c2)OCO3)CC1. The van der Waals surface area contributed by atoms with Crippen LogP contribution in [0.3, 0.4) is 0 Å². The molecule has 6 nitrogen and oxygen atoms in total. The normalized spacial score (nSPS) is 18.0. The van der Waals surface area contributed by atoms with Crippen LogP contribution < -0.4 is 14.8 Å². The minimum atomic E-state index is -0.114. The molecule has 2 aromatic carbocycles. The Hall–Kier alpha value is -2.57. The third kappa shape index (κ3) is 4.46. The average molecular weight is 381 g/mol. The number of amides is 1. The van der Waals surface area contributed by atoms with E-state index in [0.717, 1.165) is 49.8 Å². The number of nitrogens with one attached hydrogen (secondary N) is 1. The molecule has 1 amide bonds. The number of hydrogen-bond donors (Lipinski definition) is 1. The van der Waals surface area contributed by atoms with Crippen molar-refractivity contribution in [1.29, 1.82) is 0 Å². The molecule has 1 atom stereocenters. The molecular formula is C22H27N3O3. The second-order valence-corrected chi connectivity index (χ2v) is 7.38. The topological polar surface area (TPSA) is 54.0 Å². The van der Waals surface area contributed by atoms with Crippen LogP contribution in [0.4, 0.5) is 0 Å². The fraction of sp³-hybridized carbons (Fsp3) is 0.409. The van der Waals surface area contributed by atoms with Crippen molar-refractivity contribution in [2.75, 3.05) is 33.0 Å². The van der Waals surface area contributed by atoms with Gasteiger partial charge in [-0.05, 0) is 30.2 Å². The second-order valence-electron chi connectivity index (χ2n) is 7.38. The summed E-state index contributed by atoms with van der Waals surface area (Å²) in [5.74, 6) is 1.75. The lowest BCUT2D eigenvalue weighted by atomic mass is 10.1. The summed E-state index contributed by atoms with van der Waals surface area (Å²) in [5.41, 5.74) is 2.35. The van der Waals surface area contributed by atoms with Gasteiger partial charge in [0.15, 0.2) is 11.5 Å². The summed E-state index contributed by atoms with van der Waals surface area (Å²) in [4.78, 5) is 17.2. The molecule has 6 heteroatoms. The van der Waals surface area contributed by atoms with Gasteiger partial charge in [0.25, 0.3) is 0 Å². The third-order valence-corrected chi connectivity index (χ3v) is 5.49. The average Bonchev–Trinajstić information content (AvgIpc) is 3.21. The Morgan fingerprint density at radius 1 is 1.00 bits per heavy atom. The van der Waals surface area contributed by atoms with E-state index in [1.165, 1.54) is 5.56 Å². The summed E-state index contributed by atoms with van der Waals surface area (Å²) in [5, 5.41) is 3.05. The number of fused-ring (bicyclic) bond motifs is 1. The van der Waals surface area contributed by atoms with Gasteiger partial charge in [-0.3, -0.25) is 14.6 Å². The zero-order chi connectivity index (χ0) is 19.3. The van der Waals surface area contributed by atoms with Crippen molar-refractivity contribution in [3.8, 4) is 11.5 Å². The minimum Gasteiger partial charge on any atom is -0.454 e. The summed E-state index contributed by atoms with van der Waals surface area (Å²) >= 11 is 0. The van der Waals surface area contributed by atoms with E-state index in [4.69, 9.17) is 9.47 Å². The summed E-state index contributed by atoms with van der Waals surface area (Å²) in [6.45, 7) is 7.45. The molecule has 2 aliphatic heterocycles. The van der Waals surface area contributed by atoms with Crippen molar-refractivity contribution in [2.24, 2.45) is 0 Å². The van der Waals surface area contributed by atoms with E-state index in [9.17, 15) is 4.79 Å². The summed E-state index contributed by atoms with van der Waals surface area (Å²) < 4.78 is 10.8. The van der Waals surface area contributed by atoms with Crippen LogP contribution in [0.15, 0.2) is 48.5 Å². The number of nitrogens with zero attached hydrogens (tertiary/aromatic N) is 2. The van der Waals surface area contributed by atoms with Crippen LogP contribution >= 0.6 is 0 Å². The lowest BCUT2D eigenvalue weighted by Crippen LogP contribution is -2.53. The molecule has 1 unspecified atom stereocenters. The number of carbonyl (C=O) groups is 1. The van der Waals surface area contributed by atoms with Gasteiger partial charge >= 0.3 is 0 Å². The van der Waals surface area contributed by atoms with Gasteiger partial charge < -0.3 is 14.8 Å². The van der Waals surface area contributed by atoms with Crippen LogP contribution in [0.1, 0.15) is 18.1 Å². The maximum absolute atomic E-state index is 12.5. The Kier molecular flexibility index (Phi) is 5.78. The Balaban J connectivity index is 1.23. The highest BCUT2D eigenvalue weighted by molar-refractivity contribution is 5.81. The smallest absolute Gasteiger partial charge is 0.237 e. The first-order valence-corrected chi connectivity index (χ1v) is 9.85. The number of rotatable bonds is 6. The molecule has 0 bridgehead atoms. The fourth-order valence-corrected chi connectivity index (χ4v) is 3.70. The van der Waals surface area contributed by atoms with E-state index in [0.29, 0.717) is 13.3 Å². The van der Waals surface area contributed by atoms with Gasteiger partial charge in [-0.15, -0.1) is 0 Å². The largest absolute Gasteiger partial charge is 0.454 e. The monoisotopic (exact) mass is 381 g/mol. The predicted molar refractivity (Wildman–Crippen MR) is 107 cm³/mol. The van der Waals surface area contributed by atoms with Crippen LogP contribution in [0.5, 0.6) is 11.5 Å². The summed E-state index contributed by atoms with van der Waals surface area (Å²) in [7, 11) is 0. The summed E-state index contributed by atoms with van der Waals surface area (Å²) in [6.07, 6.45) is 0. The minimum absolute atomic E-state index is 0.0908. The highest BCUT2D eigenvalue weighted by Crippen LogP contribution is 2.32. The van der Waals surface area contributed by atoms with Crippen LogP contribution in [-0.4, -0.2) is 54.7 Å². The first-order chi connectivity index (χ1) is 13.7. The van der Waals surface area contributed by atoms with Crippen molar-refractivity contribution in [2.45, 2.75) is 26.1 Å². The van der Waals surface area contributed by atoms with E-state index in [1.54, 1.807) is 0 Å². The Morgan fingerprint density at radius 2 is 1.75 bits per heavy atom. The molecule has 0 saturated carbocycles. The Morgan fingerprint density at radius 3 is 2.54 bits per heavy atom. The van der Waals surface area contributed by atoms with Gasteiger partial charge in [0, 0.05) is 39.3 Å². The van der Waals surface area contributed by atoms with Gasteiger partial charge in [0.05, 0.1) is 6.04 Å². The van der Waals surface area contributed by atoms with Gasteiger partial charge in [-0.25, -0.2) is 0 Å². The first kappa shape index (κ1) is 18.8. The van der Waals surface area contributed by atoms with E-state index < -0.39 is 0 Å². The first-order valence-electron chi connectivity index (χ1n) is 9.85. The Labute approximate surface area is 166 Å². The van der Waals surface area contributed by atoms with Crippen molar-refractivity contribution >= 4 is 5.91 Å². The fourth-order valence-electron chi connectivity index (χ4n) is 3.70. The quantitative estimate of drug-likeness (QED) is 0.832. The van der Waals surface area contributed by atoms with Crippen molar-refractivity contribution in [3.05, 3.63) is 59.7 Å². The Bertz CT molecular complexity index is 804. The molecule has 0 aromatic heterocycles. The number of hydrogen-bond acceptors (Lipinski definition) is 5. The standard InChI is InChI=1S/C22H27N3O3/c1-17(22(26)23-14-18-5-3-2-4-6-18)25-11-9-24(10-12-25)15-19-7-8-20-21(13-19)28-16-27-20/h2-8,13,17H,9-12,14-16H2,1H3,(H,23,26). The van der Waals surface area contributed by atoms with Crippen LogP contribution in [-0.2, 0) is 17.9 Å². The molecule has 28 heavy (non-hydrogen) atoms. The molecule has 1 fully saturated rings. The third-order valence-electron chi connectivity index (χ3n) is 5.49. The van der Waals surface area contributed by atoms with Crippen molar-refractivity contribution in [3.63, 3.8) is 0 Å².